The molecule has 0 aliphatic carbocycles. The van der Waals surface area contributed by atoms with Crippen LogP contribution in [0.15, 0.2) is 18.2 Å². The van der Waals surface area contributed by atoms with Crippen LogP contribution >= 0.6 is 0 Å². The lowest BCUT2D eigenvalue weighted by atomic mass is 9.85. The van der Waals surface area contributed by atoms with Gasteiger partial charge in [-0.3, -0.25) is 0 Å². The Hall–Kier alpha value is -1.02. The Kier molecular flexibility index (Phi) is 3.43. The minimum absolute atomic E-state index is 0.202. The van der Waals surface area contributed by atoms with E-state index in [9.17, 15) is 0 Å². The molecular formula is C15H23N2. The van der Waals surface area contributed by atoms with Crippen molar-refractivity contribution in [3.63, 3.8) is 0 Å². The molecule has 0 saturated carbocycles. The minimum atomic E-state index is 0.202. The Balaban J connectivity index is 2.26. The average Bonchev–Trinajstić information content (AvgIpc) is 2.29. The van der Waals surface area contributed by atoms with Crippen molar-refractivity contribution in [2.45, 2.75) is 26.2 Å². The molecular weight excluding hydrogens is 208 g/mol. The van der Waals surface area contributed by atoms with Crippen LogP contribution in [-0.4, -0.2) is 38.1 Å². The Labute approximate surface area is 105 Å². The van der Waals surface area contributed by atoms with Gasteiger partial charge < -0.3 is 9.80 Å². The number of anilines is 1. The predicted octanol–water partition coefficient (Wildman–Crippen LogP) is 2.54. The molecule has 1 fully saturated rings. The van der Waals surface area contributed by atoms with E-state index in [0.29, 0.717) is 0 Å². The number of nitrogens with zero attached hydrogens (tertiary/aromatic N) is 2. The molecule has 1 radical (unpaired) electrons. The van der Waals surface area contributed by atoms with E-state index < -0.39 is 0 Å². The first-order valence-corrected chi connectivity index (χ1v) is 6.42. The molecule has 1 saturated heterocycles. The van der Waals surface area contributed by atoms with Crippen molar-refractivity contribution in [2.75, 3.05) is 38.1 Å². The maximum absolute atomic E-state index is 3.23. The number of hydrogen-bond donors (Lipinski definition) is 0. The van der Waals surface area contributed by atoms with Gasteiger partial charge in [-0.2, -0.15) is 0 Å². The molecule has 2 heteroatoms. The fourth-order valence-electron chi connectivity index (χ4n) is 2.36. The van der Waals surface area contributed by atoms with Crippen LogP contribution in [0, 0.1) is 6.07 Å². The zero-order valence-corrected chi connectivity index (χ0v) is 11.5. The van der Waals surface area contributed by atoms with Crippen molar-refractivity contribution in [3.8, 4) is 0 Å². The largest absolute Gasteiger partial charge is 0.369 e. The van der Waals surface area contributed by atoms with Crippen LogP contribution < -0.4 is 4.90 Å². The minimum Gasteiger partial charge on any atom is -0.369 e. The number of piperazine rings is 1. The van der Waals surface area contributed by atoms with Gasteiger partial charge in [0.05, 0.1) is 0 Å². The van der Waals surface area contributed by atoms with Crippen LogP contribution in [0.2, 0.25) is 0 Å². The highest BCUT2D eigenvalue weighted by Gasteiger charge is 2.22. The molecule has 0 N–H and O–H groups in total. The highest BCUT2D eigenvalue weighted by molar-refractivity contribution is 5.56. The average molecular weight is 231 g/mol. The maximum Gasteiger partial charge on any atom is 0.0411 e. The third-order valence-corrected chi connectivity index (χ3v) is 3.49. The first kappa shape index (κ1) is 12.4. The smallest absolute Gasteiger partial charge is 0.0411 e. The molecule has 0 unspecified atom stereocenters. The number of benzene rings is 1. The summed E-state index contributed by atoms with van der Waals surface area (Å²) in [5, 5.41) is 0. The summed E-state index contributed by atoms with van der Waals surface area (Å²) in [7, 11) is 2.19. The van der Waals surface area contributed by atoms with Crippen molar-refractivity contribution >= 4 is 5.69 Å². The van der Waals surface area contributed by atoms with Crippen molar-refractivity contribution < 1.29 is 0 Å². The predicted molar refractivity (Wildman–Crippen MR) is 73.7 cm³/mol. The zero-order valence-electron chi connectivity index (χ0n) is 11.5. The summed E-state index contributed by atoms with van der Waals surface area (Å²) in [5.74, 6) is 0. The van der Waals surface area contributed by atoms with E-state index in [2.05, 4.69) is 55.8 Å². The summed E-state index contributed by atoms with van der Waals surface area (Å²) in [4.78, 5) is 4.89. The quantitative estimate of drug-likeness (QED) is 0.733. The molecule has 0 bridgehead atoms. The van der Waals surface area contributed by atoms with Gasteiger partial charge in [-0.25, -0.2) is 0 Å². The van der Waals surface area contributed by atoms with Crippen LogP contribution in [-0.2, 0) is 5.41 Å². The molecule has 1 heterocycles. The van der Waals surface area contributed by atoms with E-state index >= 15 is 0 Å². The molecule has 0 aromatic heterocycles. The molecule has 1 aromatic rings. The monoisotopic (exact) mass is 231 g/mol. The van der Waals surface area contributed by atoms with Gasteiger partial charge in [-0.15, -0.1) is 0 Å². The summed E-state index contributed by atoms with van der Waals surface area (Å²) in [6.07, 6.45) is 0. The summed E-state index contributed by atoms with van der Waals surface area (Å²) in [5.41, 5.74) is 3.00. The number of likely N-dealkylation sites (N-methyl/N-ethyl adjacent to an activating group) is 1. The zero-order chi connectivity index (χ0) is 12.5. The summed E-state index contributed by atoms with van der Waals surface area (Å²) < 4.78 is 0. The van der Waals surface area contributed by atoms with Crippen LogP contribution in [0.3, 0.4) is 0 Å². The molecule has 1 aromatic carbocycles. The first-order valence-electron chi connectivity index (χ1n) is 6.42. The molecule has 2 rings (SSSR count). The van der Waals surface area contributed by atoms with Crippen LogP contribution in [0.5, 0.6) is 0 Å². The standard InChI is InChI=1S/C15H23N2/c1-15(2,3)13-7-5-6-8-14(13)17-11-9-16(4)10-12-17/h5,7-8H,9-12H2,1-4H3. The lowest BCUT2D eigenvalue weighted by Gasteiger charge is -2.37. The third kappa shape index (κ3) is 2.81. The van der Waals surface area contributed by atoms with Crippen molar-refractivity contribution in [1.82, 2.24) is 4.90 Å². The fraction of sp³-hybridized carbons (Fsp3) is 0.600. The van der Waals surface area contributed by atoms with Gasteiger partial charge >= 0.3 is 0 Å². The van der Waals surface area contributed by atoms with Crippen molar-refractivity contribution in [3.05, 3.63) is 29.8 Å². The van der Waals surface area contributed by atoms with E-state index in [1.54, 1.807) is 0 Å². The van der Waals surface area contributed by atoms with Gasteiger partial charge in [0.25, 0.3) is 0 Å². The second-order valence-electron chi connectivity index (χ2n) is 5.98. The Morgan fingerprint density at radius 3 is 2.35 bits per heavy atom. The maximum atomic E-state index is 3.23. The van der Waals surface area contributed by atoms with Gasteiger partial charge in [0.2, 0.25) is 0 Å². The molecule has 17 heavy (non-hydrogen) atoms. The second-order valence-corrected chi connectivity index (χ2v) is 5.98. The molecule has 2 nitrogen and oxygen atoms in total. The fourth-order valence-corrected chi connectivity index (χ4v) is 2.36. The molecule has 1 aliphatic heterocycles. The lowest BCUT2D eigenvalue weighted by Crippen LogP contribution is -2.45. The number of rotatable bonds is 1. The molecule has 0 atom stereocenters. The molecule has 0 amide bonds. The summed E-state index contributed by atoms with van der Waals surface area (Å²) >= 11 is 0. The van der Waals surface area contributed by atoms with Gasteiger partial charge in [-0.05, 0) is 30.2 Å². The SMILES string of the molecule is CN1CCN(c2c[c]ccc2C(C)(C)C)CC1. The van der Waals surface area contributed by atoms with Gasteiger partial charge in [0.1, 0.15) is 0 Å². The van der Waals surface area contributed by atoms with E-state index in [0.717, 1.165) is 26.2 Å². The Morgan fingerprint density at radius 2 is 1.76 bits per heavy atom. The van der Waals surface area contributed by atoms with E-state index in [-0.39, 0.29) is 5.41 Å². The normalized spacial score (nSPS) is 18.5. The lowest BCUT2D eigenvalue weighted by molar-refractivity contribution is 0.312. The van der Waals surface area contributed by atoms with E-state index in [4.69, 9.17) is 0 Å². The Bertz CT molecular complexity index is 371. The topological polar surface area (TPSA) is 6.48 Å². The third-order valence-electron chi connectivity index (χ3n) is 3.49. The van der Waals surface area contributed by atoms with Gasteiger partial charge in [-0.1, -0.05) is 32.9 Å². The second kappa shape index (κ2) is 4.69. The number of hydrogen-bond acceptors (Lipinski definition) is 2. The summed E-state index contributed by atoms with van der Waals surface area (Å²) in [6.45, 7) is 11.4. The van der Waals surface area contributed by atoms with Crippen molar-refractivity contribution in [2.24, 2.45) is 0 Å². The van der Waals surface area contributed by atoms with Gasteiger partial charge in [0, 0.05) is 31.9 Å². The summed E-state index contributed by atoms with van der Waals surface area (Å²) in [6, 6.07) is 9.62. The first-order chi connectivity index (χ1) is 7.98. The van der Waals surface area contributed by atoms with E-state index in [1.165, 1.54) is 11.3 Å². The molecule has 93 valence electrons. The van der Waals surface area contributed by atoms with E-state index in [1.807, 2.05) is 6.07 Å². The van der Waals surface area contributed by atoms with Crippen molar-refractivity contribution in [1.29, 1.82) is 0 Å². The molecule has 1 aliphatic rings. The van der Waals surface area contributed by atoms with Crippen LogP contribution in [0.25, 0.3) is 0 Å². The molecule has 0 spiro atoms. The van der Waals surface area contributed by atoms with Crippen LogP contribution in [0.1, 0.15) is 26.3 Å². The van der Waals surface area contributed by atoms with Crippen LogP contribution in [0.4, 0.5) is 5.69 Å². The van der Waals surface area contributed by atoms with Gasteiger partial charge in [0.15, 0.2) is 0 Å². The Morgan fingerprint density at radius 1 is 1.12 bits per heavy atom. The highest BCUT2D eigenvalue weighted by atomic mass is 15.2. The highest BCUT2D eigenvalue weighted by Crippen LogP contribution is 2.31.